The molecule has 2 heterocycles. The number of benzene rings is 2. The first-order valence-corrected chi connectivity index (χ1v) is 10.1. The Balaban J connectivity index is 1.69. The average molecular weight is 436 g/mol. The highest BCUT2D eigenvalue weighted by atomic mass is 35.5. The number of imidazole rings is 1. The lowest BCUT2D eigenvalue weighted by molar-refractivity contribution is 0.414. The predicted molar refractivity (Wildman–Crippen MR) is 121 cm³/mol. The molecule has 0 amide bonds. The third kappa shape index (κ3) is 4.46. The van der Waals surface area contributed by atoms with Gasteiger partial charge in [-0.3, -0.25) is 4.79 Å². The van der Waals surface area contributed by atoms with E-state index in [2.05, 4.69) is 15.4 Å². The van der Waals surface area contributed by atoms with Crippen LogP contribution in [0.1, 0.15) is 23.0 Å². The molecule has 31 heavy (non-hydrogen) atoms. The second-order valence-corrected chi connectivity index (χ2v) is 7.45. The van der Waals surface area contributed by atoms with Crippen LogP contribution in [0.5, 0.6) is 5.75 Å². The van der Waals surface area contributed by atoms with E-state index >= 15 is 0 Å². The molecule has 1 N–H and O–H groups in total. The maximum absolute atomic E-state index is 12.9. The van der Waals surface area contributed by atoms with Crippen molar-refractivity contribution in [1.29, 1.82) is 0 Å². The number of nitrogens with zero attached hydrogens (tertiary/aromatic N) is 4. The van der Waals surface area contributed by atoms with Gasteiger partial charge in [-0.2, -0.15) is 5.10 Å². The Hall–Kier alpha value is -3.58. The van der Waals surface area contributed by atoms with Gasteiger partial charge in [0.15, 0.2) is 0 Å². The molecular weight excluding hydrogens is 414 g/mol. The quantitative estimate of drug-likeness (QED) is 0.476. The fraction of sp³-hybridized carbons (Fsp3) is 0.174. The maximum Gasteiger partial charge on any atom is 0.287 e. The fourth-order valence-electron chi connectivity index (χ4n) is 3.36. The summed E-state index contributed by atoms with van der Waals surface area (Å²) in [5.41, 5.74) is 1.96. The van der Waals surface area contributed by atoms with Crippen LogP contribution in [-0.4, -0.2) is 26.4 Å². The number of aromatic nitrogens is 4. The lowest BCUT2D eigenvalue weighted by atomic mass is 10.1. The molecule has 0 spiro atoms. The minimum Gasteiger partial charge on any atom is -0.497 e. The van der Waals surface area contributed by atoms with E-state index in [1.54, 1.807) is 19.5 Å². The minimum atomic E-state index is -0.362. The van der Waals surface area contributed by atoms with Crippen molar-refractivity contribution in [3.05, 3.63) is 106 Å². The molecular formula is C23H22ClN5O2. The highest BCUT2D eigenvalue weighted by Crippen LogP contribution is 2.29. The van der Waals surface area contributed by atoms with Crippen LogP contribution in [0.25, 0.3) is 0 Å². The first kappa shape index (κ1) is 20.7. The van der Waals surface area contributed by atoms with Crippen LogP contribution in [0, 0.1) is 0 Å². The van der Waals surface area contributed by atoms with Gasteiger partial charge in [-0.25, -0.2) is 9.67 Å². The summed E-state index contributed by atoms with van der Waals surface area (Å²) in [7, 11) is 3.53. The van der Waals surface area contributed by atoms with Gasteiger partial charge < -0.3 is 14.6 Å². The topological polar surface area (TPSA) is 74.0 Å². The van der Waals surface area contributed by atoms with Crippen molar-refractivity contribution < 1.29 is 4.74 Å². The highest BCUT2D eigenvalue weighted by Gasteiger charge is 2.21. The van der Waals surface area contributed by atoms with Crippen LogP contribution in [-0.2, 0) is 13.6 Å². The largest absolute Gasteiger partial charge is 0.497 e. The molecule has 4 aromatic rings. The molecule has 0 radical (unpaired) electrons. The molecule has 0 fully saturated rings. The van der Waals surface area contributed by atoms with Crippen molar-refractivity contribution in [2.45, 2.75) is 12.6 Å². The average Bonchev–Trinajstić information content (AvgIpc) is 3.22. The maximum atomic E-state index is 12.9. The summed E-state index contributed by atoms with van der Waals surface area (Å²) >= 11 is 6.47. The summed E-state index contributed by atoms with van der Waals surface area (Å²) in [6.07, 6.45) is 5.16. The van der Waals surface area contributed by atoms with Gasteiger partial charge in [-0.05, 0) is 23.3 Å². The van der Waals surface area contributed by atoms with E-state index in [-0.39, 0.29) is 16.6 Å². The van der Waals surface area contributed by atoms with Crippen LogP contribution >= 0.6 is 11.6 Å². The molecule has 2 aromatic carbocycles. The molecule has 0 aliphatic carbocycles. The van der Waals surface area contributed by atoms with E-state index < -0.39 is 0 Å². The van der Waals surface area contributed by atoms with Crippen molar-refractivity contribution in [1.82, 2.24) is 19.3 Å². The normalized spacial score (nSPS) is 11.8. The molecule has 0 saturated carbocycles. The number of halogens is 1. The second-order valence-electron chi connectivity index (χ2n) is 7.07. The van der Waals surface area contributed by atoms with E-state index in [0.717, 1.165) is 22.7 Å². The fourth-order valence-corrected chi connectivity index (χ4v) is 3.56. The van der Waals surface area contributed by atoms with Gasteiger partial charge in [-0.1, -0.05) is 54.1 Å². The Labute approximate surface area is 184 Å². The zero-order valence-electron chi connectivity index (χ0n) is 17.2. The van der Waals surface area contributed by atoms with Gasteiger partial charge in [0.1, 0.15) is 22.6 Å². The van der Waals surface area contributed by atoms with Gasteiger partial charge in [0.2, 0.25) is 0 Å². The smallest absolute Gasteiger partial charge is 0.287 e. The van der Waals surface area contributed by atoms with Crippen molar-refractivity contribution >= 4 is 17.3 Å². The zero-order chi connectivity index (χ0) is 21.8. The lowest BCUT2D eigenvalue weighted by Gasteiger charge is -2.21. The Morgan fingerprint density at radius 1 is 1.16 bits per heavy atom. The van der Waals surface area contributed by atoms with Gasteiger partial charge in [0, 0.05) is 19.4 Å². The summed E-state index contributed by atoms with van der Waals surface area (Å²) in [6, 6.07) is 16.9. The number of hydrogen-bond acceptors (Lipinski definition) is 5. The molecule has 0 bridgehead atoms. The molecule has 0 aliphatic heterocycles. The number of rotatable bonds is 7. The van der Waals surface area contributed by atoms with Gasteiger partial charge >= 0.3 is 0 Å². The number of hydrogen-bond donors (Lipinski definition) is 1. The van der Waals surface area contributed by atoms with Crippen molar-refractivity contribution in [2.75, 3.05) is 12.4 Å². The lowest BCUT2D eigenvalue weighted by Crippen LogP contribution is -2.26. The summed E-state index contributed by atoms with van der Waals surface area (Å²) in [6.45, 7) is 0.346. The Kier molecular flexibility index (Phi) is 6.04. The predicted octanol–water partition coefficient (Wildman–Crippen LogP) is 3.89. The van der Waals surface area contributed by atoms with Crippen molar-refractivity contribution in [3.63, 3.8) is 0 Å². The molecule has 7 nitrogen and oxygen atoms in total. The van der Waals surface area contributed by atoms with Crippen molar-refractivity contribution in [2.24, 2.45) is 7.05 Å². The summed E-state index contributed by atoms with van der Waals surface area (Å²) in [5, 5.41) is 7.74. The van der Waals surface area contributed by atoms with Crippen LogP contribution in [0.15, 0.2) is 78.0 Å². The van der Waals surface area contributed by atoms with Crippen LogP contribution < -0.4 is 15.6 Å². The monoisotopic (exact) mass is 435 g/mol. The Morgan fingerprint density at radius 3 is 2.68 bits per heavy atom. The standard InChI is InChI=1S/C23H22ClN5O2/c1-28-12-11-25-22(28)21(17-9-6-10-18(13-17)31-2)27-19-14-26-29(23(30)20(19)24)15-16-7-4-3-5-8-16/h3-14,21,27H,15H2,1-2H3. The van der Waals surface area contributed by atoms with E-state index in [1.165, 1.54) is 4.68 Å². The Morgan fingerprint density at radius 2 is 1.97 bits per heavy atom. The number of anilines is 1. The summed E-state index contributed by atoms with van der Waals surface area (Å²) in [4.78, 5) is 17.3. The number of nitrogens with one attached hydrogen (secondary N) is 1. The van der Waals surface area contributed by atoms with E-state index in [0.29, 0.717) is 12.2 Å². The second kappa shape index (κ2) is 9.06. The molecule has 158 valence electrons. The first-order chi connectivity index (χ1) is 15.1. The van der Waals surface area contributed by atoms with Gasteiger partial charge in [0.25, 0.3) is 5.56 Å². The van der Waals surface area contributed by atoms with Crippen LogP contribution in [0.3, 0.4) is 0 Å². The Bertz CT molecular complexity index is 1240. The van der Waals surface area contributed by atoms with Crippen molar-refractivity contribution in [3.8, 4) is 5.75 Å². The number of aryl methyl sites for hydroxylation is 1. The van der Waals surface area contributed by atoms with Gasteiger partial charge in [0.05, 0.1) is 25.5 Å². The summed E-state index contributed by atoms with van der Waals surface area (Å²) < 4.78 is 8.63. The molecule has 0 saturated heterocycles. The third-order valence-corrected chi connectivity index (χ3v) is 5.37. The van der Waals surface area contributed by atoms with Crippen LogP contribution in [0.2, 0.25) is 5.02 Å². The molecule has 0 aliphatic rings. The molecule has 8 heteroatoms. The minimum absolute atomic E-state index is 0.0769. The summed E-state index contributed by atoms with van der Waals surface area (Å²) in [5.74, 6) is 1.48. The van der Waals surface area contributed by atoms with E-state index in [4.69, 9.17) is 16.3 Å². The van der Waals surface area contributed by atoms with Gasteiger partial charge in [-0.15, -0.1) is 0 Å². The number of methoxy groups -OCH3 is 1. The highest BCUT2D eigenvalue weighted by molar-refractivity contribution is 6.32. The SMILES string of the molecule is COc1cccc(C(Nc2cnn(Cc3ccccc3)c(=O)c2Cl)c2nccn2C)c1. The van der Waals surface area contributed by atoms with E-state index in [9.17, 15) is 4.79 Å². The molecule has 2 aromatic heterocycles. The van der Waals surface area contributed by atoms with Crippen LogP contribution in [0.4, 0.5) is 5.69 Å². The molecule has 4 rings (SSSR count). The third-order valence-electron chi connectivity index (χ3n) is 5.00. The first-order valence-electron chi connectivity index (χ1n) is 9.74. The molecule has 1 unspecified atom stereocenters. The zero-order valence-corrected chi connectivity index (χ0v) is 18.0. The van der Waals surface area contributed by atoms with E-state index in [1.807, 2.05) is 72.4 Å². The number of ether oxygens (including phenoxy) is 1. The molecule has 1 atom stereocenters.